The Labute approximate surface area is 166 Å². The number of carbonyl (C=O) groups excluding carboxylic acids is 2. The fraction of sp³-hybridized carbons (Fsp3) is 0.471. The third-order valence-corrected chi connectivity index (χ3v) is 4.48. The molecule has 0 bridgehead atoms. The van der Waals surface area contributed by atoms with Crippen LogP contribution in [0.3, 0.4) is 0 Å². The van der Waals surface area contributed by atoms with E-state index in [-0.39, 0.29) is 13.1 Å². The number of carbonyl (C=O) groups is 3. The van der Waals surface area contributed by atoms with Crippen LogP contribution in [0.15, 0.2) is 18.2 Å². The van der Waals surface area contributed by atoms with Gasteiger partial charge in [-0.1, -0.05) is 0 Å². The zero-order valence-corrected chi connectivity index (χ0v) is 17.4. The van der Waals surface area contributed by atoms with Gasteiger partial charge < -0.3 is 25.3 Å². The largest absolute Gasteiger partial charge is 0.497 e. The molecule has 0 radical (unpaired) electrons. The van der Waals surface area contributed by atoms with Crippen molar-refractivity contribution in [3.8, 4) is 5.75 Å². The molecule has 8 nitrogen and oxygen atoms in total. The number of hydrogen-bond donors (Lipinski definition) is 3. The van der Waals surface area contributed by atoms with Gasteiger partial charge in [-0.2, -0.15) is 0 Å². The molecule has 26 heavy (non-hydrogen) atoms. The van der Waals surface area contributed by atoms with Crippen LogP contribution in [0, 0.1) is 3.57 Å². The van der Waals surface area contributed by atoms with Crippen LogP contribution in [-0.2, 0) is 9.59 Å². The van der Waals surface area contributed by atoms with E-state index < -0.39 is 23.6 Å². The molecule has 9 heteroatoms. The molecule has 0 aliphatic heterocycles. The standard InChI is InChI=1S/C17H24IN3O5/c1-17(2,3)21(16(24)25)9-15(23)20-11(10-22)8-19-14-7-12(26-4)5-6-13(14)18/h5-7,10-11,19H,8-9H2,1-4H3,(H,20,23)(H,24,25)/t11-/m1/s1. The van der Waals surface area contributed by atoms with Gasteiger partial charge >= 0.3 is 6.09 Å². The van der Waals surface area contributed by atoms with Crippen LogP contribution in [0.1, 0.15) is 20.8 Å². The minimum atomic E-state index is -1.20. The van der Waals surface area contributed by atoms with Crippen LogP contribution in [0.2, 0.25) is 0 Å². The Morgan fingerprint density at radius 1 is 1.38 bits per heavy atom. The second-order valence-corrected chi connectivity index (χ2v) is 7.74. The summed E-state index contributed by atoms with van der Waals surface area (Å²) in [6, 6.07) is 4.68. The second-order valence-electron chi connectivity index (χ2n) is 6.58. The highest BCUT2D eigenvalue weighted by Gasteiger charge is 2.28. The number of carboxylic acid groups (broad SMARTS) is 1. The lowest BCUT2D eigenvalue weighted by molar-refractivity contribution is -0.125. The second kappa shape index (κ2) is 9.60. The molecule has 1 aromatic carbocycles. The predicted molar refractivity (Wildman–Crippen MR) is 107 cm³/mol. The maximum Gasteiger partial charge on any atom is 0.408 e. The van der Waals surface area contributed by atoms with Crippen molar-refractivity contribution in [2.45, 2.75) is 32.4 Å². The molecule has 0 spiro atoms. The topological polar surface area (TPSA) is 108 Å². The first-order chi connectivity index (χ1) is 12.1. The Morgan fingerprint density at radius 2 is 2.04 bits per heavy atom. The van der Waals surface area contributed by atoms with Crippen LogP contribution < -0.4 is 15.4 Å². The van der Waals surface area contributed by atoms with Gasteiger partial charge in [0, 0.05) is 21.7 Å². The number of aldehydes is 1. The maximum atomic E-state index is 12.1. The molecule has 2 amide bonds. The molecule has 3 N–H and O–H groups in total. The predicted octanol–water partition coefficient (Wildman–Crippen LogP) is 2.17. The van der Waals surface area contributed by atoms with Crippen LogP contribution in [0.4, 0.5) is 10.5 Å². The van der Waals surface area contributed by atoms with Crippen LogP contribution in [0.25, 0.3) is 0 Å². The number of hydrogen-bond acceptors (Lipinski definition) is 5. The van der Waals surface area contributed by atoms with Crippen LogP contribution in [0.5, 0.6) is 5.75 Å². The van der Waals surface area contributed by atoms with Gasteiger partial charge in [-0.15, -0.1) is 0 Å². The van der Waals surface area contributed by atoms with Crippen molar-refractivity contribution in [3.05, 3.63) is 21.8 Å². The zero-order valence-electron chi connectivity index (χ0n) is 15.2. The maximum absolute atomic E-state index is 12.1. The summed E-state index contributed by atoms with van der Waals surface area (Å²) in [5.41, 5.74) is 0.0438. The average Bonchev–Trinajstić information content (AvgIpc) is 2.56. The fourth-order valence-electron chi connectivity index (χ4n) is 2.11. The van der Waals surface area contributed by atoms with Gasteiger partial charge in [0.05, 0.1) is 12.8 Å². The highest BCUT2D eigenvalue weighted by Crippen LogP contribution is 2.23. The first kappa shape index (κ1) is 22.0. The molecule has 0 aromatic heterocycles. The molecule has 0 saturated heterocycles. The highest BCUT2D eigenvalue weighted by molar-refractivity contribution is 14.1. The number of rotatable bonds is 8. The summed E-state index contributed by atoms with van der Waals surface area (Å²) in [6.07, 6.45) is -0.584. The van der Waals surface area contributed by atoms with Gasteiger partial charge in [-0.3, -0.25) is 9.69 Å². The van der Waals surface area contributed by atoms with Crippen molar-refractivity contribution >= 4 is 46.6 Å². The summed E-state index contributed by atoms with van der Waals surface area (Å²) < 4.78 is 6.10. The molecule has 1 atom stereocenters. The van der Waals surface area contributed by atoms with Gasteiger partial charge in [-0.05, 0) is 55.5 Å². The van der Waals surface area contributed by atoms with E-state index in [9.17, 15) is 19.5 Å². The number of halogens is 1. The lowest BCUT2D eigenvalue weighted by atomic mass is 10.1. The Balaban J connectivity index is 2.68. The number of methoxy groups -OCH3 is 1. The van der Waals surface area contributed by atoms with E-state index in [4.69, 9.17) is 4.74 Å². The van der Waals surface area contributed by atoms with E-state index in [1.165, 1.54) is 0 Å². The van der Waals surface area contributed by atoms with Crippen LogP contribution in [-0.4, -0.2) is 60.1 Å². The van der Waals surface area contributed by atoms with E-state index in [2.05, 4.69) is 33.2 Å². The number of nitrogens with zero attached hydrogens (tertiary/aromatic N) is 1. The summed E-state index contributed by atoms with van der Waals surface area (Å²) in [7, 11) is 1.56. The summed E-state index contributed by atoms with van der Waals surface area (Å²) >= 11 is 2.14. The van der Waals surface area contributed by atoms with Crippen molar-refractivity contribution in [2.75, 3.05) is 25.5 Å². The third-order valence-electron chi connectivity index (χ3n) is 3.54. The zero-order chi connectivity index (χ0) is 19.9. The molecule has 1 aromatic rings. The Morgan fingerprint density at radius 3 is 2.54 bits per heavy atom. The van der Waals surface area contributed by atoms with E-state index in [1.54, 1.807) is 33.9 Å². The van der Waals surface area contributed by atoms with E-state index in [1.807, 2.05) is 12.1 Å². The van der Waals surface area contributed by atoms with Crippen molar-refractivity contribution in [3.63, 3.8) is 0 Å². The molecule has 0 fully saturated rings. The van der Waals surface area contributed by atoms with Gasteiger partial charge in [0.2, 0.25) is 5.91 Å². The molecule has 0 aliphatic carbocycles. The van der Waals surface area contributed by atoms with Gasteiger partial charge in [0.1, 0.15) is 24.6 Å². The molecule has 144 valence electrons. The molecule has 0 saturated carbocycles. The SMILES string of the molecule is COc1ccc(I)c(NC[C@H](C=O)NC(=O)CN(C(=O)O)C(C)(C)C)c1. The highest BCUT2D eigenvalue weighted by atomic mass is 127. The molecular weight excluding hydrogens is 453 g/mol. The van der Waals surface area contributed by atoms with Gasteiger partial charge in [0.25, 0.3) is 0 Å². The fourth-order valence-corrected chi connectivity index (χ4v) is 2.63. The first-order valence-corrected chi connectivity index (χ1v) is 8.99. The van der Waals surface area contributed by atoms with E-state index in [0.29, 0.717) is 12.0 Å². The quantitative estimate of drug-likeness (QED) is 0.392. The first-order valence-electron chi connectivity index (χ1n) is 7.91. The van der Waals surface area contributed by atoms with E-state index >= 15 is 0 Å². The smallest absolute Gasteiger partial charge is 0.408 e. The van der Waals surface area contributed by atoms with Gasteiger partial charge in [0.15, 0.2) is 0 Å². The number of ether oxygens (including phenoxy) is 1. The third kappa shape index (κ3) is 6.70. The number of nitrogens with one attached hydrogen (secondary N) is 2. The van der Waals surface area contributed by atoms with Crippen molar-refractivity contribution in [2.24, 2.45) is 0 Å². The number of anilines is 1. The monoisotopic (exact) mass is 477 g/mol. The van der Waals surface area contributed by atoms with Crippen molar-refractivity contribution < 1.29 is 24.2 Å². The molecule has 0 aliphatic rings. The van der Waals surface area contributed by atoms with Crippen molar-refractivity contribution in [1.29, 1.82) is 0 Å². The molecule has 0 heterocycles. The Bertz CT molecular complexity index is 660. The Kier molecular flexibility index (Phi) is 8.12. The number of benzene rings is 1. The van der Waals surface area contributed by atoms with Crippen molar-refractivity contribution in [1.82, 2.24) is 10.2 Å². The molecule has 0 unspecified atom stereocenters. The molecule has 1 rings (SSSR count). The minimum absolute atomic E-state index is 0.168. The van der Waals surface area contributed by atoms with Gasteiger partial charge in [-0.25, -0.2) is 4.79 Å². The summed E-state index contributed by atoms with van der Waals surface area (Å²) in [6.45, 7) is 4.90. The average molecular weight is 477 g/mol. The molecular formula is C17H24IN3O5. The normalized spacial score (nSPS) is 12.0. The van der Waals surface area contributed by atoms with E-state index in [0.717, 1.165) is 14.2 Å². The lowest BCUT2D eigenvalue weighted by Crippen LogP contribution is -2.52. The summed E-state index contributed by atoms with van der Waals surface area (Å²) in [5.74, 6) is 0.128. The summed E-state index contributed by atoms with van der Waals surface area (Å²) in [5, 5.41) is 14.9. The van der Waals surface area contributed by atoms with Crippen LogP contribution >= 0.6 is 22.6 Å². The number of amides is 2. The lowest BCUT2D eigenvalue weighted by Gasteiger charge is -2.32. The summed E-state index contributed by atoms with van der Waals surface area (Å²) in [4.78, 5) is 35.7. The Hall–Kier alpha value is -2.04. The minimum Gasteiger partial charge on any atom is -0.497 e.